The summed E-state index contributed by atoms with van der Waals surface area (Å²) >= 11 is 0. The molecule has 11 heavy (non-hydrogen) atoms. The summed E-state index contributed by atoms with van der Waals surface area (Å²) in [5.41, 5.74) is 5.62. The van der Waals surface area contributed by atoms with Crippen LogP contribution in [0.15, 0.2) is 0 Å². The number of hydrogen-bond donors (Lipinski definition) is 2. The molecule has 0 aromatic heterocycles. The lowest BCUT2D eigenvalue weighted by molar-refractivity contribution is -0.137. The summed E-state index contributed by atoms with van der Waals surface area (Å²) in [6, 6.07) is -0.188. The van der Waals surface area contributed by atoms with E-state index in [0.717, 1.165) is 12.8 Å². The van der Waals surface area contributed by atoms with Gasteiger partial charge in [-0.15, -0.1) is 0 Å². The fourth-order valence-corrected chi connectivity index (χ4v) is 1.07. The fourth-order valence-electron chi connectivity index (χ4n) is 1.07. The summed E-state index contributed by atoms with van der Waals surface area (Å²) in [6.45, 7) is 4.07. The van der Waals surface area contributed by atoms with E-state index < -0.39 is 5.97 Å². The van der Waals surface area contributed by atoms with Gasteiger partial charge in [-0.3, -0.25) is 4.79 Å². The summed E-state index contributed by atoms with van der Waals surface area (Å²) in [4.78, 5) is 10.2. The molecule has 0 spiro atoms. The first kappa shape index (κ1) is 10.4. The van der Waals surface area contributed by atoms with Crippen molar-refractivity contribution in [1.82, 2.24) is 0 Å². The molecular formula is C8H17NO2. The normalized spacial score (nSPS) is 15.9. The van der Waals surface area contributed by atoms with E-state index in [2.05, 4.69) is 6.92 Å². The van der Waals surface area contributed by atoms with Gasteiger partial charge in [0.25, 0.3) is 0 Å². The van der Waals surface area contributed by atoms with Crippen LogP contribution in [0.25, 0.3) is 0 Å². The van der Waals surface area contributed by atoms with E-state index in [9.17, 15) is 4.79 Å². The van der Waals surface area contributed by atoms with Gasteiger partial charge in [-0.25, -0.2) is 0 Å². The summed E-state index contributed by atoms with van der Waals surface area (Å²) in [7, 11) is 0. The van der Waals surface area contributed by atoms with Gasteiger partial charge < -0.3 is 10.8 Å². The number of carboxylic acids is 1. The van der Waals surface area contributed by atoms with E-state index in [1.165, 1.54) is 0 Å². The van der Waals surface area contributed by atoms with Gasteiger partial charge in [0.2, 0.25) is 0 Å². The predicted octanol–water partition coefficient (Wildman–Crippen LogP) is 1.22. The van der Waals surface area contributed by atoms with Gasteiger partial charge in [0.1, 0.15) is 0 Å². The molecule has 0 aromatic carbocycles. The van der Waals surface area contributed by atoms with E-state index in [1.54, 1.807) is 0 Å². The van der Waals surface area contributed by atoms with E-state index in [4.69, 9.17) is 10.8 Å². The molecule has 0 aliphatic carbocycles. The molecule has 0 amide bonds. The van der Waals surface area contributed by atoms with Crippen LogP contribution in [0, 0.1) is 5.92 Å². The second kappa shape index (κ2) is 5.13. The standard InChI is InChI=1S/C8H17NO2/c1-3-4-6(2)7(9)5-8(10)11/h6-7H,3-5,9H2,1-2H3,(H,10,11)/t6-,7-/m0/s1. The molecule has 0 bridgehead atoms. The Kier molecular flexibility index (Phi) is 4.86. The first-order valence-electron chi connectivity index (χ1n) is 4.05. The van der Waals surface area contributed by atoms with Crippen LogP contribution in [0.5, 0.6) is 0 Å². The summed E-state index contributed by atoms with van der Waals surface area (Å²) in [5.74, 6) is -0.489. The van der Waals surface area contributed by atoms with Gasteiger partial charge in [0, 0.05) is 6.04 Å². The highest BCUT2D eigenvalue weighted by molar-refractivity contribution is 5.67. The van der Waals surface area contributed by atoms with Gasteiger partial charge in [0.05, 0.1) is 6.42 Å². The molecule has 0 aliphatic rings. The summed E-state index contributed by atoms with van der Waals surface area (Å²) in [6.07, 6.45) is 2.16. The number of nitrogens with two attached hydrogens (primary N) is 1. The van der Waals surface area contributed by atoms with Crippen molar-refractivity contribution in [1.29, 1.82) is 0 Å². The van der Waals surface area contributed by atoms with Gasteiger partial charge >= 0.3 is 5.97 Å². The molecule has 0 aliphatic heterocycles. The van der Waals surface area contributed by atoms with Crippen LogP contribution in [-0.2, 0) is 4.79 Å². The molecule has 0 heterocycles. The zero-order valence-electron chi connectivity index (χ0n) is 7.21. The highest BCUT2D eigenvalue weighted by Gasteiger charge is 2.14. The third-order valence-corrected chi connectivity index (χ3v) is 1.89. The third kappa shape index (κ3) is 4.79. The van der Waals surface area contributed by atoms with E-state index in [0.29, 0.717) is 5.92 Å². The molecule has 0 rings (SSSR count). The van der Waals surface area contributed by atoms with Gasteiger partial charge in [-0.2, -0.15) is 0 Å². The maximum absolute atomic E-state index is 10.2. The second-order valence-electron chi connectivity index (χ2n) is 3.03. The first-order valence-corrected chi connectivity index (χ1v) is 4.05. The van der Waals surface area contributed by atoms with Crippen LogP contribution in [-0.4, -0.2) is 17.1 Å². The Balaban J connectivity index is 3.63. The third-order valence-electron chi connectivity index (χ3n) is 1.89. The van der Waals surface area contributed by atoms with Gasteiger partial charge in [-0.05, 0) is 12.3 Å². The minimum Gasteiger partial charge on any atom is -0.481 e. The molecule has 0 unspecified atom stereocenters. The molecule has 66 valence electrons. The molecule has 3 N–H and O–H groups in total. The van der Waals surface area contributed by atoms with Crippen LogP contribution in [0.2, 0.25) is 0 Å². The average Bonchev–Trinajstić information content (AvgIpc) is 1.86. The fraction of sp³-hybridized carbons (Fsp3) is 0.875. The Bertz CT molecular complexity index is 125. The molecule has 3 heteroatoms. The Hall–Kier alpha value is -0.570. The molecule has 0 saturated carbocycles. The van der Waals surface area contributed by atoms with Gasteiger partial charge in [0.15, 0.2) is 0 Å². The molecule has 0 saturated heterocycles. The summed E-state index contributed by atoms with van der Waals surface area (Å²) < 4.78 is 0. The van der Waals surface area contributed by atoms with Crippen molar-refractivity contribution in [2.24, 2.45) is 11.7 Å². The number of carboxylic acid groups (broad SMARTS) is 1. The zero-order chi connectivity index (χ0) is 8.85. The first-order chi connectivity index (χ1) is 5.07. The highest BCUT2D eigenvalue weighted by atomic mass is 16.4. The predicted molar refractivity (Wildman–Crippen MR) is 44.3 cm³/mol. The van der Waals surface area contributed by atoms with Gasteiger partial charge in [-0.1, -0.05) is 20.3 Å². The second-order valence-corrected chi connectivity index (χ2v) is 3.03. The summed E-state index contributed by atoms with van der Waals surface area (Å²) in [5, 5.41) is 8.42. The van der Waals surface area contributed by atoms with Crippen LogP contribution < -0.4 is 5.73 Å². The Morgan fingerprint density at radius 3 is 2.55 bits per heavy atom. The van der Waals surface area contributed by atoms with Crippen molar-refractivity contribution in [3.8, 4) is 0 Å². The Morgan fingerprint density at radius 2 is 2.18 bits per heavy atom. The van der Waals surface area contributed by atoms with Crippen LogP contribution >= 0.6 is 0 Å². The van der Waals surface area contributed by atoms with E-state index >= 15 is 0 Å². The Morgan fingerprint density at radius 1 is 1.64 bits per heavy atom. The minimum atomic E-state index is -0.805. The van der Waals surface area contributed by atoms with Crippen molar-refractivity contribution in [2.45, 2.75) is 39.2 Å². The minimum absolute atomic E-state index is 0.0845. The largest absolute Gasteiger partial charge is 0.481 e. The smallest absolute Gasteiger partial charge is 0.304 e. The quantitative estimate of drug-likeness (QED) is 0.634. The molecular weight excluding hydrogens is 142 g/mol. The number of aliphatic carboxylic acids is 1. The number of hydrogen-bond acceptors (Lipinski definition) is 2. The van der Waals surface area contributed by atoms with E-state index in [1.807, 2.05) is 6.92 Å². The highest BCUT2D eigenvalue weighted by Crippen LogP contribution is 2.10. The topological polar surface area (TPSA) is 63.3 Å². The van der Waals surface area contributed by atoms with E-state index in [-0.39, 0.29) is 12.5 Å². The van der Waals surface area contributed by atoms with Crippen LogP contribution in [0.3, 0.4) is 0 Å². The van der Waals surface area contributed by atoms with Crippen molar-refractivity contribution in [3.63, 3.8) is 0 Å². The molecule has 3 nitrogen and oxygen atoms in total. The van der Waals surface area contributed by atoms with Crippen molar-refractivity contribution >= 4 is 5.97 Å². The van der Waals surface area contributed by atoms with Crippen molar-refractivity contribution in [3.05, 3.63) is 0 Å². The van der Waals surface area contributed by atoms with Crippen LogP contribution in [0.4, 0.5) is 0 Å². The Labute approximate surface area is 67.6 Å². The lowest BCUT2D eigenvalue weighted by Crippen LogP contribution is -2.30. The number of carbonyl (C=O) groups is 1. The van der Waals surface area contributed by atoms with Crippen molar-refractivity contribution < 1.29 is 9.90 Å². The SMILES string of the molecule is CCC[C@H](C)[C@@H](N)CC(=O)O. The molecule has 0 fully saturated rings. The number of rotatable bonds is 5. The molecule has 0 aromatic rings. The average molecular weight is 159 g/mol. The van der Waals surface area contributed by atoms with Crippen molar-refractivity contribution in [2.75, 3.05) is 0 Å². The monoisotopic (exact) mass is 159 g/mol. The molecule has 0 radical (unpaired) electrons. The van der Waals surface area contributed by atoms with Crippen LogP contribution in [0.1, 0.15) is 33.1 Å². The maximum Gasteiger partial charge on any atom is 0.304 e. The lowest BCUT2D eigenvalue weighted by Gasteiger charge is -2.16. The maximum atomic E-state index is 10.2. The zero-order valence-corrected chi connectivity index (χ0v) is 7.21. The molecule has 2 atom stereocenters. The lowest BCUT2D eigenvalue weighted by atomic mass is 9.95.